The average molecular weight is 523 g/mol. The molecule has 34 heavy (non-hydrogen) atoms. The molecule has 0 aliphatic rings. The van der Waals surface area contributed by atoms with Crippen molar-refractivity contribution in [3.63, 3.8) is 0 Å². The highest BCUT2D eigenvalue weighted by Crippen LogP contribution is 2.38. The highest BCUT2D eigenvalue weighted by atomic mass is 32.2. The zero-order chi connectivity index (χ0) is 26.3. The summed E-state index contributed by atoms with van der Waals surface area (Å²) in [7, 11) is -5.02. The summed E-state index contributed by atoms with van der Waals surface area (Å²) >= 11 is 0. The van der Waals surface area contributed by atoms with Gasteiger partial charge in [-0.05, 0) is 37.3 Å². The summed E-state index contributed by atoms with van der Waals surface area (Å²) in [5.41, 5.74) is -9.34. The van der Waals surface area contributed by atoms with Crippen molar-refractivity contribution >= 4 is 21.4 Å². The number of carbonyl (C=O) groups is 1. The molecule has 0 saturated heterocycles. The molecule has 1 amide bonds. The van der Waals surface area contributed by atoms with Crippen molar-refractivity contribution in [1.29, 1.82) is 0 Å². The SMILES string of the molecule is CC(O)(CS(=O)(=O)c1ccccc1C(F)(F)F)C(=O)Nc1cc(C(F)(F)F)cc(C(F)(F)F)c1. The Labute approximate surface area is 186 Å². The molecule has 0 spiro atoms. The molecule has 5 nitrogen and oxygen atoms in total. The van der Waals surface area contributed by atoms with Crippen LogP contribution in [0.25, 0.3) is 0 Å². The molecule has 0 bridgehead atoms. The lowest BCUT2D eigenvalue weighted by Crippen LogP contribution is -2.46. The van der Waals surface area contributed by atoms with E-state index in [0.29, 0.717) is 19.1 Å². The number of alkyl halides is 9. The minimum atomic E-state index is -5.26. The van der Waals surface area contributed by atoms with E-state index in [9.17, 15) is 57.8 Å². The van der Waals surface area contributed by atoms with Crippen molar-refractivity contribution in [2.24, 2.45) is 0 Å². The van der Waals surface area contributed by atoms with E-state index in [2.05, 4.69) is 0 Å². The van der Waals surface area contributed by atoms with Gasteiger partial charge in [-0.15, -0.1) is 0 Å². The number of benzene rings is 2. The molecule has 2 N–H and O–H groups in total. The van der Waals surface area contributed by atoms with Gasteiger partial charge in [0.25, 0.3) is 5.91 Å². The predicted octanol–water partition coefficient (Wildman–Crippen LogP) is 4.91. The zero-order valence-corrected chi connectivity index (χ0v) is 17.5. The van der Waals surface area contributed by atoms with Crippen LogP contribution in [0.15, 0.2) is 47.4 Å². The van der Waals surface area contributed by atoms with Gasteiger partial charge in [0.05, 0.1) is 27.3 Å². The lowest BCUT2D eigenvalue weighted by atomic mass is 10.1. The first-order valence-electron chi connectivity index (χ1n) is 8.87. The van der Waals surface area contributed by atoms with Crippen LogP contribution in [0, 0.1) is 0 Å². The Balaban J connectivity index is 2.41. The van der Waals surface area contributed by atoms with Crippen molar-refractivity contribution < 1.29 is 57.8 Å². The van der Waals surface area contributed by atoms with Gasteiger partial charge >= 0.3 is 18.5 Å². The molecule has 0 radical (unpaired) electrons. The number of amides is 1. The van der Waals surface area contributed by atoms with Crippen molar-refractivity contribution in [1.82, 2.24) is 0 Å². The first kappa shape index (κ1) is 27.4. The van der Waals surface area contributed by atoms with Crippen molar-refractivity contribution in [2.45, 2.75) is 35.9 Å². The standard InChI is InChI=1S/C19H14F9NO4S/c1-16(31,9-34(32,33)14-5-3-2-4-13(14)19(26,27)28)15(30)29-12-7-10(17(20,21)22)6-11(8-12)18(23,24)25/h2-8,31H,9H2,1H3,(H,29,30). The summed E-state index contributed by atoms with van der Waals surface area (Å²) in [6, 6.07) is 2.81. The Morgan fingerprint density at radius 3 is 1.76 bits per heavy atom. The van der Waals surface area contributed by atoms with E-state index in [4.69, 9.17) is 0 Å². The van der Waals surface area contributed by atoms with Crippen molar-refractivity contribution in [3.8, 4) is 0 Å². The second-order valence-corrected chi connectivity index (χ2v) is 9.23. The van der Waals surface area contributed by atoms with Crippen LogP contribution in [0.2, 0.25) is 0 Å². The average Bonchev–Trinajstić information content (AvgIpc) is 2.65. The third-order valence-corrected chi connectivity index (χ3v) is 6.30. The van der Waals surface area contributed by atoms with Gasteiger partial charge in [-0.1, -0.05) is 12.1 Å². The highest BCUT2D eigenvalue weighted by Gasteiger charge is 2.42. The summed E-state index contributed by atoms with van der Waals surface area (Å²) < 4.78 is 142. The first-order valence-corrected chi connectivity index (χ1v) is 10.5. The third kappa shape index (κ3) is 6.40. The smallest absolute Gasteiger partial charge is 0.379 e. The van der Waals surface area contributed by atoms with Gasteiger partial charge in [0.15, 0.2) is 15.4 Å². The number of aliphatic hydroxyl groups is 1. The minimum Gasteiger partial charge on any atom is -0.379 e. The van der Waals surface area contributed by atoms with E-state index in [0.717, 1.165) is 12.1 Å². The Morgan fingerprint density at radius 2 is 1.32 bits per heavy atom. The van der Waals surface area contributed by atoms with Crippen LogP contribution < -0.4 is 5.32 Å². The van der Waals surface area contributed by atoms with Crippen LogP contribution in [0.5, 0.6) is 0 Å². The van der Waals surface area contributed by atoms with Gasteiger partial charge in [0, 0.05) is 5.69 Å². The van der Waals surface area contributed by atoms with E-state index >= 15 is 0 Å². The fraction of sp³-hybridized carbons (Fsp3) is 0.316. The van der Waals surface area contributed by atoms with E-state index in [1.165, 1.54) is 0 Å². The van der Waals surface area contributed by atoms with Gasteiger partial charge in [0.1, 0.15) is 0 Å². The highest BCUT2D eigenvalue weighted by molar-refractivity contribution is 7.91. The first-order chi connectivity index (χ1) is 15.1. The topological polar surface area (TPSA) is 83.5 Å². The van der Waals surface area contributed by atoms with Crippen LogP contribution in [0.4, 0.5) is 45.2 Å². The summed E-state index contributed by atoms with van der Waals surface area (Å²) in [5, 5.41) is 11.8. The quantitative estimate of drug-likeness (QED) is 0.546. The van der Waals surface area contributed by atoms with E-state index < -0.39 is 72.9 Å². The van der Waals surface area contributed by atoms with E-state index in [1.54, 1.807) is 5.32 Å². The molecule has 0 heterocycles. The molecule has 0 aliphatic heterocycles. The molecular weight excluding hydrogens is 509 g/mol. The maximum Gasteiger partial charge on any atom is 0.417 e. The number of anilines is 1. The molecule has 0 aromatic heterocycles. The number of nitrogens with one attached hydrogen (secondary N) is 1. The summed E-state index contributed by atoms with van der Waals surface area (Å²) in [6.07, 6.45) is -15.6. The normalized spacial score (nSPS) is 15.0. The van der Waals surface area contributed by atoms with Gasteiger partial charge in [0.2, 0.25) is 0 Å². The zero-order valence-electron chi connectivity index (χ0n) is 16.7. The molecule has 2 rings (SSSR count). The molecule has 2 aromatic rings. The summed E-state index contributed by atoms with van der Waals surface area (Å²) in [5.74, 6) is -3.43. The fourth-order valence-electron chi connectivity index (χ4n) is 2.78. The molecule has 0 aliphatic carbocycles. The van der Waals surface area contributed by atoms with Crippen molar-refractivity contribution in [3.05, 3.63) is 59.2 Å². The summed E-state index contributed by atoms with van der Waals surface area (Å²) in [6.45, 7) is 0.522. The largest absolute Gasteiger partial charge is 0.417 e. The maximum atomic E-state index is 13.1. The minimum absolute atomic E-state index is 0.108. The van der Waals surface area contributed by atoms with Crippen LogP contribution in [-0.2, 0) is 33.2 Å². The Kier molecular flexibility index (Phi) is 7.07. The second-order valence-electron chi connectivity index (χ2n) is 7.28. The van der Waals surface area contributed by atoms with Crippen molar-refractivity contribution in [2.75, 3.05) is 11.1 Å². The Hall–Kier alpha value is -2.81. The number of sulfone groups is 1. The number of hydrogen-bond acceptors (Lipinski definition) is 4. The molecule has 1 unspecified atom stereocenters. The lowest BCUT2D eigenvalue weighted by molar-refractivity contribution is -0.143. The van der Waals surface area contributed by atoms with Gasteiger partial charge in [-0.25, -0.2) is 8.42 Å². The van der Waals surface area contributed by atoms with Gasteiger partial charge in [-0.2, -0.15) is 39.5 Å². The Bertz CT molecular complexity index is 1150. The van der Waals surface area contributed by atoms with E-state index in [1.807, 2.05) is 0 Å². The molecule has 2 aromatic carbocycles. The third-order valence-electron chi connectivity index (χ3n) is 4.33. The van der Waals surface area contributed by atoms with Crippen LogP contribution in [0.3, 0.4) is 0 Å². The maximum absolute atomic E-state index is 13.1. The van der Waals surface area contributed by atoms with E-state index in [-0.39, 0.29) is 18.2 Å². The molecule has 1 atom stereocenters. The van der Waals surface area contributed by atoms with Gasteiger partial charge in [-0.3, -0.25) is 4.79 Å². The number of rotatable bonds is 5. The molecular formula is C19H14F9NO4S. The number of carbonyl (C=O) groups excluding carboxylic acids is 1. The van der Waals surface area contributed by atoms with Crippen LogP contribution in [0.1, 0.15) is 23.6 Å². The second kappa shape index (κ2) is 8.76. The van der Waals surface area contributed by atoms with Crippen LogP contribution in [-0.4, -0.2) is 30.8 Å². The number of hydrogen-bond donors (Lipinski definition) is 2. The predicted molar refractivity (Wildman–Crippen MR) is 99.2 cm³/mol. The number of halogens is 9. The monoisotopic (exact) mass is 523 g/mol. The molecule has 188 valence electrons. The molecule has 15 heteroatoms. The summed E-state index contributed by atoms with van der Waals surface area (Å²) in [4.78, 5) is 11.1. The lowest BCUT2D eigenvalue weighted by Gasteiger charge is -2.24. The van der Waals surface area contributed by atoms with Crippen LogP contribution >= 0.6 is 0 Å². The fourth-order valence-corrected chi connectivity index (χ4v) is 4.61. The molecule has 0 fully saturated rings. The Morgan fingerprint density at radius 1 is 0.853 bits per heavy atom. The van der Waals surface area contributed by atoms with Gasteiger partial charge < -0.3 is 10.4 Å². The molecule has 0 saturated carbocycles.